The summed E-state index contributed by atoms with van der Waals surface area (Å²) < 4.78 is 11.2. The van der Waals surface area contributed by atoms with Crippen LogP contribution >= 0.6 is 0 Å². The van der Waals surface area contributed by atoms with Crippen LogP contribution in [-0.4, -0.2) is 49.8 Å². The first-order valence-corrected chi connectivity index (χ1v) is 7.30. The molecule has 1 saturated heterocycles. The van der Waals surface area contributed by atoms with E-state index in [1.165, 1.54) is 0 Å². The Hall–Kier alpha value is -1.63. The van der Waals surface area contributed by atoms with Crippen LogP contribution in [0.15, 0.2) is 24.3 Å². The van der Waals surface area contributed by atoms with E-state index in [9.17, 15) is 4.79 Å². The summed E-state index contributed by atoms with van der Waals surface area (Å²) in [7, 11) is 0. The van der Waals surface area contributed by atoms with Crippen LogP contribution in [0.5, 0.6) is 5.75 Å². The molecule has 1 atom stereocenters. The van der Waals surface area contributed by atoms with Crippen molar-refractivity contribution in [1.82, 2.24) is 10.3 Å². The van der Waals surface area contributed by atoms with E-state index in [1.807, 2.05) is 6.07 Å². The fourth-order valence-corrected chi connectivity index (χ4v) is 2.49. The van der Waals surface area contributed by atoms with Crippen molar-refractivity contribution in [2.75, 3.05) is 32.9 Å². The molecule has 0 spiro atoms. The van der Waals surface area contributed by atoms with Crippen LogP contribution in [0.25, 0.3) is 0 Å². The largest absolute Gasteiger partial charge is 0.491 e. The van der Waals surface area contributed by atoms with Gasteiger partial charge in [-0.15, -0.1) is 0 Å². The number of rotatable bonds is 6. The Morgan fingerprint density at radius 2 is 2.33 bits per heavy atom. The molecule has 1 heterocycles. The van der Waals surface area contributed by atoms with Crippen molar-refractivity contribution in [3.63, 3.8) is 0 Å². The molecule has 0 radical (unpaired) electrons. The Kier molecular flexibility index (Phi) is 5.98. The second kappa shape index (κ2) is 7.97. The quantitative estimate of drug-likeness (QED) is 0.460. The zero-order chi connectivity index (χ0) is 15.1. The number of nitrogens with two attached hydrogens (primary N) is 1. The minimum atomic E-state index is -0.344. The molecule has 1 amide bonds. The average molecular weight is 293 g/mol. The number of nitrogens with one attached hydrogen (secondary N) is 1. The predicted octanol–water partition coefficient (Wildman–Crippen LogP) is 0.780. The van der Waals surface area contributed by atoms with E-state index >= 15 is 0 Å². The highest BCUT2D eigenvalue weighted by Gasteiger charge is 2.21. The molecule has 6 heteroatoms. The summed E-state index contributed by atoms with van der Waals surface area (Å²) in [5.74, 6) is 5.39. The lowest BCUT2D eigenvalue weighted by Gasteiger charge is -2.34. The van der Waals surface area contributed by atoms with Crippen LogP contribution in [0.2, 0.25) is 0 Å². The third-order valence-corrected chi connectivity index (χ3v) is 3.72. The Morgan fingerprint density at radius 1 is 1.52 bits per heavy atom. The van der Waals surface area contributed by atoms with Crippen LogP contribution < -0.4 is 16.0 Å². The van der Waals surface area contributed by atoms with E-state index in [4.69, 9.17) is 15.3 Å². The van der Waals surface area contributed by atoms with Gasteiger partial charge < -0.3 is 9.47 Å². The third kappa shape index (κ3) is 4.17. The number of nitrogens with zero attached hydrogens (tertiary/aromatic N) is 1. The molecule has 6 nitrogen and oxygen atoms in total. The van der Waals surface area contributed by atoms with Gasteiger partial charge in [0.1, 0.15) is 12.4 Å². The van der Waals surface area contributed by atoms with Crippen molar-refractivity contribution in [1.29, 1.82) is 0 Å². The van der Waals surface area contributed by atoms with Gasteiger partial charge in [-0.1, -0.05) is 19.1 Å². The summed E-state index contributed by atoms with van der Waals surface area (Å²) in [4.78, 5) is 14.0. The van der Waals surface area contributed by atoms with Crippen molar-refractivity contribution in [2.45, 2.75) is 19.4 Å². The van der Waals surface area contributed by atoms with Gasteiger partial charge in [0.15, 0.2) is 0 Å². The smallest absolute Gasteiger partial charge is 0.268 e. The number of hydrazine groups is 1. The molecule has 1 aliphatic rings. The lowest BCUT2D eigenvalue weighted by atomic mass is 10.2. The van der Waals surface area contributed by atoms with E-state index in [-0.39, 0.29) is 5.91 Å². The van der Waals surface area contributed by atoms with E-state index in [0.29, 0.717) is 24.0 Å². The molecule has 3 N–H and O–H groups in total. The van der Waals surface area contributed by atoms with Crippen molar-refractivity contribution >= 4 is 5.91 Å². The van der Waals surface area contributed by atoms with Crippen LogP contribution in [-0.2, 0) is 4.74 Å². The number of hydrogen-bond acceptors (Lipinski definition) is 5. The van der Waals surface area contributed by atoms with Crippen molar-refractivity contribution in [3.05, 3.63) is 29.8 Å². The number of para-hydroxylation sites is 1. The minimum Gasteiger partial charge on any atom is -0.491 e. The second-order valence-corrected chi connectivity index (χ2v) is 4.99. The minimum absolute atomic E-state index is 0.344. The maximum atomic E-state index is 11.7. The van der Waals surface area contributed by atoms with Gasteiger partial charge >= 0.3 is 0 Å². The van der Waals surface area contributed by atoms with E-state index < -0.39 is 0 Å². The van der Waals surface area contributed by atoms with Crippen molar-refractivity contribution in [2.24, 2.45) is 5.84 Å². The molecule has 116 valence electrons. The maximum Gasteiger partial charge on any atom is 0.268 e. The standard InChI is InChI=1S/C15H23N3O3/c1-2-12-11-20-9-7-18(12)8-10-21-14-6-4-3-5-13(14)15(19)17-16/h3-6,12H,2,7-11,16H2,1H3,(H,17,19). The van der Waals surface area contributed by atoms with Crippen molar-refractivity contribution < 1.29 is 14.3 Å². The SMILES string of the molecule is CCC1COCCN1CCOc1ccccc1C(=O)NN. The van der Waals surface area contributed by atoms with Gasteiger partial charge in [0, 0.05) is 19.1 Å². The zero-order valence-corrected chi connectivity index (χ0v) is 12.4. The molecule has 1 aromatic rings. The van der Waals surface area contributed by atoms with Gasteiger partial charge in [-0.25, -0.2) is 5.84 Å². The molecule has 1 unspecified atom stereocenters. The molecular weight excluding hydrogens is 270 g/mol. The molecule has 1 aromatic carbocycles. The summed E-state index contributed by atoms with van der Waals surface area (Å²) in [5, 5.41) is 0. The van der Waals surface area contributed by atoms with Crippen LogP contribution in [0.4, 0.5) is 0 Å². The van der Waals surface area contributed by atoms with Gasteiger partial charge in [0.05, 0.1) is 18.8 Å². The van der Waals surface area contributed by atoms with Crippen LogP contribution in [0, 0.1) is 0 Å². The fourth-order valence-electron chi connectivity index (χ4n) is 2.49. The average Bonchev–Trinajstić information content (AvgIpc) is 2.55. The molecule has 21 heavy (non-hydrogen) atoms. The number of benzene rings is 1. The normalized spacial score (nSPS) is 19.2. The highest BCUT2D eigenvalue weighted by molar-refractivity contribution is 5.96. The highest BCUT2D eigenvalue weighted by atomic mass is 16.5. The summed E-state index contributed by atoms with van der Waals surface area (Å²) in [6, 6.07) is 7.55. The van der Waals surface area contributed by atoms with Gasteiger partial charge in [0.25, 0.3) is 5.91 Å². The van der Waals surface area contributed by atoms with E-state index in [2.05, 4.69) is 17.2 Å². The number of ether oxygens (including phenoxy) is 2. The van der Waals surface area contributed by atoms with E-state index in [1.54, 1.807) is 18.2 Å². The molecule has 0 saturated carbocycles. The monoisotopic (exact) mass is 293 g/mol. The van der Waals surface area contributed by atoms with Crippen molar-refractivity contribution in [3.8, 4) is 5.75 Å². The molecule has 0 bridgehead atoms. The summed E-state index contributed by atoms with van der Waals surface area (Å²) in [5.41, 5.74) is 2.58. The Labute approximate surface area is 125 Å². The number of carbonyl (C=O) groups excluding carboxylic acids is 1. The lowest BCUT2D eigenvalue weighted by molar-refractivity contribution is -0.0132. The number of hydrogen-bond donors (Lipinski definition) is 2. The topological polar surface area (TPSA) is 76.8 Å². The van der Waals surface area contributed by atoms with Gasteiger partial charge in [-0.2, -0.15) is 0 Å². The van der Waals surface area contributed by atoms with E-state index in [0.717, 1.165) is 32.7 Å². The number of morpholine rings is 1. The Bertz CT molecular complexity index is 467. The van der Waals surface area contributed by atoms with Gasteiger partial charge in [-0.05, 0) is 18.6 Å². The number of amides is 1. The zero-order valence-electron chi connectivity index (χ0n) is 12.4. The molecule has 2 rings (SSSR count). The number of carbonyl (C=O) groups is 1. The predicted molar refractivity (Wildman–Crippen MR) is 80.1 cm³/mol. The first kappa shape index (κ1) is 15.8. The van der Waals surface area contributed by atoms with Crippen LogP contribution in [0.1, 0.15) is 23.7 Å². The molecule has 1 aliphatic heterocycles. The first-order chi connectivity index (χ1) is 10.3. The molecule has 0 aliphatic carbocycles. The first-order valence-electron chi connectivity index (χ1n) is 7.30. The summed E-state index contributed by atoms with van der Waals surface area (Å²) >= 11 is 0. The van der Waals surface area contributed by atoms with Crippen LogP contribution in [0.3, 0.4) is 0 Å². The third-order valence-electron chi connectivity index (χ3n) is 3.72. The summed E-state index contributed by atoms with van der Waals surface area (Å²) in [6.07, 6.45) is 1.06. The Morgan fingerprint density at radius 3 is 3.10 bits per heavy atom. The fraction of sp³-hybridized carbons (Fsp3) is 0.533. The van der Waals surface area contributed by atoms with Gasteiger partial charge in [-0.3, -0.25) is 15.1 Å². The highest BCUT2D eigenvalue weighted by Crippen LogP contribution is 2.18. The number of nitrogen functional groups attached to an aromatic ring is 1. The van der Waals surface area contributed by atoms with Gasteiger partial charge in [0.2, 0.25) is 0 Å². The lowest BCUT2D eigenvalue weighted by Crippen LogP contribution is -2.46. The second-order valence-electron chi connectivity index (χ2n) is 4.99. The molecular formula is C15H23N3O3. The summed E-state index contributed by atoms with van der Waals surface area (Å²) in [6.45, 7) is 5.98. The Balaban J connectivity index is 1.90. The molecule has 1 fully saturated rings. The maximum absolute atomic E-state index is 11.7. The molecule has 0 aromatic heterocycles.